The molecule has 0 aliphatic heterocycles. The number of benzene rings is 1. The maximum Gasteiger partial charge on any atom is 0.343 e. The Hall–Kier alpha value is -2.02. The van der Waals surface area contributed by atoms with Crippen molar-refractivity contribution in [1.29, 1.82) is 0 Å². The molecule has 0 saturated heterocycles. The number of carbonyl (C=O) groups is 2. The van der Waals surface area contributed by atoms with Gasteiger partial charge in [0.2, 0.25) is 5.78 Å². The molecule has 0 radical (unpaired) electrons. The van der Waals surface area contributed by atoms with E-state index in [1.54, 1.807) is 6.92 Å². The van der Waals surface area contributed by atoms with Crippen molar-refractivity contribution >= 4 is 23.4 Å². The van der Waals surface area contributed by atoms with E-state index in [2.05, 4.69) is 10.1 Å². The van der Waals surface area contributed by atoms with E-state index in [1.807, 2.05) is 0 Å². The van der Waals surface area contributed by atoms with E-state index in [-0.39, 0.29) is 6.61 Å². The molecule has 0 aliphatic rings. The Morgan fingerprint density at radius 3 is 2.45 bits per heavy atom. The highest BCUT2D eigenvalue weighted by atomic mass is 35.5. The summed E-state index contributed by atoms with van der Waals surface area (Å²) in [4.78, 5) is 23.9. The molecule has 4 nitrogen and oxygen atoms in total. The van der Waals surface area contributed by atoms with Crippen LogP contribution in [0.5, 0.6) is 0 Å². The Bertz CT molecular complexity index is 632. The van der Waals surface area contributed by atoms with Gasteiger partial charge >= 0.3 is 5.97 Å². The third kappa shape index (κ3) is 3.79. The summed E-state index contributed by atoms with van der Waals surface area (Å²) in [6.07, 6.45) is 1.02. The van der Waals surface area contributed by atoms with Gasteiger partial charge in [0.15, 0.2) is 17.5 Å². The van der Waals surface area contributed by atoms with Crippen molar-refractivity contribution in [2.75, 3.05) is 13.2 Å². The molecule has 8 heteroatoms. The number of esters is 1. The molecule has 22 heavy (non-hydrogen) atoms. The number of halogens is 4. The molecule has 0 aliphatic carbocycles. The third-order valence-corrected chi connectivity index (χ3v) is 2.87. The van der Waals surface area contributed by atoms with Gasteiger partial charge in [-0.2, -0.15) is 0 Å². The lowest BCUT2D eigenvalue weighted by Gasteiger charge is -2.09. The maximum atomic E-state index is 13.9. The molecule has 0 fully saturated rings. The van der Waals surface area contributed by atoms with Crippen molar-refractivity contribution in [2.45, 2.75) is 13.8 Å². The van der Waals surface area contributed by atoms with Gasteiger partial charge in [-0.1, -0.05) is 11.6 Å². The first-order valence-corrected chi connectivity index (χ1v) is 6.71. The monoisotopic (exact) mass is 335 g/mol. The lowest BCUT2D eigenvalue weighted by molar-refractivity contribution is -0.138. The predicted octanol–water partition coefficient (Wildman–Crippen LogP) is 3.00. The quantitative estimate of drug-likeness (QED) is 0.165. The van der Waals surface area contributed by atoms with Crippen LogP contribution in [0.1, 0.15) is 24.2 Å². The Labute approximate surface area is 129 Å². The maximum absolute atomic E-state index is 13.9. The SMILES string of the molecule is CCNC=C(C(=O)OCC)C(=O)c1cc(F)c(F)c(Cl)c1F. The summed E-state index contributed by atoms with van der Waals surface area (Å²) in [7, 11) is 0. The molecule has 0 bridgehead atoms. The number of ketones is 1. The van der Waals surface area contributed by atoms with Crippen molar-refractivity contribution in [3.63, 3.8) is 0 Å². The van der Waals surface area contributed by atoms with Crippen LogP contribution in [0.15, 0.2) is 17.8 Å². The first-order chi connectivity index (χ1) is 10.3. The number of Topliss-reactive ketones (excluding diaryl/α,β-unsaturated/α-hetero) is 1. The summed E-state index contributed by atoms with van der Waals surface area (Å²) >= 11 is 5.29. The molecule has 0 aromatic heterocycles. The average Bonchev–Trinajstić information content (AvgIpc) is 2.49. The number of rotatable bonds is 6. The fraction of sp³-hybridized carbons (Fsp3) is 0.286. The molecule has 0 saturated carbocycles. The molecular weight excluding hydrogens is 323 g/mol. The Balaban J connectivity index is 3.34. The van der Waals surface area contributed by atoms with E-state index in [4.69, 9.17) is 11.6 Å². The van der Waals surface area contributed by atoms with E-state index in [1.165, 1.54) is 6.92 Å². The van der Waals surface area contributed by atoms with E-state index in [0.717, 1.165) is 6.20 Å². The van der Waals surface area contributed by atoms with Crippen molar-refractivity contribution in [3.8, 4) is 0 Å². The molecule has 1 rings (SSSR count). The number of carbonyl (C=O) groups excluding carboxylic acids is 2. The Kier molecular flexibility index (Phi) is 6.42. The predicted molar refractivity (Wildman–Crippen MR) is 74.0 cm³/mol. The topological polar surface area (TPSA) is 55.4 Å². The van der Waals surface area contributed by atoms with Crippen LogP contribution in [-0.2, 0) is 9.53 Å². The zero-order valence-corrected chi connectivity index (χ0v) is 12.6. The Morgan fingerprint density at radius 1 is 1.27 bits per heavy atom. The minimum Gasteiger partial charge on any atom is -0.462 e. The van der Waals surface area contributed by atoms with Crippen LogP contribution in [0.4, 0.5) is 13.2 Å². The number of hydrogen-bond donors (Lipinski definition) is 1. The first kappa shape index (κ1) is 18.0. The van der Waals surface area contributed by atoms with E-state index in [0.29, 0.717) is 12.6 Å². The van der Waals surface area contributed by atoms with Crippen molar-refractivity contribution in [3.05, 3.63) is 45.9 Å². The van der Waals surface area contributed by atoms with Crippen LogP contribution < -0.4 is 5.32 Å². The normalized spacial score (nSPS) is 11.3. The molecule has 1 aromatic rings. The summed E-state index contributed by atoms with van der Waals surface area (Å²) in [5.74, 6) is -6.74. The minimum atomic E-state index is -1.61. The second kappa shape index (κ2) is 7.84. The van der Waals surface area contributed by atoms with Gasteiger partial charge in [-0.05, 0) is 19.9 Å². The van der Waals surface area contributed by atoms with Crippen LogP contribution in [0.3, 0.4) is 0 Å². The zero-order chi connectivity index (χ0) is 16.9. The molecule has 0 heterocycles. The van der Waals surface area contributed by atoms with E-state index >= 15 is 0 Å². The van der Waals surface area contributed by atoms with E-state index in [9.17, 15) is 22.8 Å². The van der Waals surface area contributed by atoms with Crippen LogP contribution in [0.25, 0.3) is 0 Å². The number of ether oxygens (including phenoxy) is 1. The Morgan fingerprint density at radius 2 is 1.91 bits per heavy atom. The summed E-state index contributed by atoms with van der Waals surface area (Å²) in [6, 6.07) is 0.345. The largest absolute Gasteiger partial charge is 0.462 e. The molecule has 0 spiro atoms. The van der Waals surface area contributed by atoms with Crippen LogP contribution in [0, 0.1) is 17.5 Å². The zero-order valence-electron chi connectivity index (χ0n) is 11.8. The van der Waals surface area contributed by atoms with Gasteiger partial charge in [-0.3, -0.25) is 4.79 Å². The van der Waals surface area contributed by atoms with E-state index < -0.39 is 45.4 Å². The van der Waals surface area contributed by atoms with Crippen molar-refractivity contribution in [1.82, 2.24) is 5.32 Å². The second-order valence-corrected chi connectivity index (χ2v) is 4.39. The van der Waals surface area contributed by atoms with Gasteiger partial charge in [0, 0.05) is 12.7 Å². The van der Waals surface area contributed by atoms with Gasteiger partial charge < -0.3 is 10.1 Å². The molecular formula is C14H13ClF3NO3. The summed E-state index contributed by atoms with van der Waals surface area (Å²) in [5.41, 5.74) is -1.41. The first-order valence-electron chi connectivity index (χ1n) is 6.33. The van der Waals surface area contributed by atoms with Gasteiger partial charge in [-0.15, -0.1) is 0 Å². The third-order valence-electron chi connectivity index (χ3n) is 2.54. The molecule has 0 atom stereocenters. The van der Waals surface area contributed by atoms with Gasteiger partial charge in [0.25, 0.3) is 0 Å². The fourth-order valence-electron chi connectivity index (χ4n) is 1.51. The molecule has 0 amide bonds. The second-order valence-electron chi connectivity index (χ2n) is 4.01. The summed E-state index contributed by atoms with van der Waals surface area (Å²) < 4.78 is 45.0. The summed E-state index contributed by atoms with van der Waals surface area (Å²) in [5, 5.41) is 1.43. The summed E-state index contributed by atoms with van der Waals surface area (Å²) in [6.45, 7) is 3.56. The standard InChI is InChI=1S/C14H13ClF3NO3/c1-3-19-6-8(14(21)22-4-2)13(20)7-5-9(16)12(18)10(15)11(7)17/h5-6,19H,3-4H2,1-2H3. The van der Waals surface area contributed by atoms with Crippen LogP contribution >= 0.6 is 11.6 Å². The average molecular weight is 336 g/mol. The lowest BCUT2D eigenvalue weighted by Crippen LogP contribution is -2.21. The lowest BCUT2D eigenvalue weighted by atomic mass is 10.0. The minimum absolute atomic E-state index is 0.0173. The molecule has 1 aromatic carbocycles. The van der Waals surface area contributed by atoms with Gasteiger partial charge in [0.05, 0.1) is 12.2 Å². The highest BCUT2D eigenvalue weighted by molar-refractivity contribution is 6.32. The number of nitrogens with one attached hydrogen (secondary N) is 1. The van der Waals surface area contributed by atoms with Crippen molar-refractivity contribution < 1.29 is 27.5 Å². The highest BCUT2D eigenvalue weighted by Gasteiger charge is 2.27. The fourth-order valence-corrected chi connectivity index (χ4v) is 1.71. The van der Waals surface area contributed by atoms with Gasteiger partial charge in [-0.25, -0.2) is 18.0 Å². The number of hydrogen-bond acceptors (Lipinski definition) is 4. The molecule has 120 valence electrons. The smallest absolute Gasteiger partial charge is 0.343 e. The highest BCUT2D eigenvalue weighted by Crippen LogP contribution is 2.26. The molecule has 1 N–H and O–H groups in total. The van der Waals surface area contributed by atoms with Gasteiger partial charge in [0.1, 0.15) is 10.6 Å². The van der Waals surface area contributed by atoms with Crippen molar-refractivity contribution in [2.24, 2.45) is 0 Å². The van der Waals surface area contributed by atoms with Crippen LogP contribution in [-0.4, -0.2) is 24.9 Å². The molecule has 0 unspecified atom stereocenters. The van der Waals surface area contributed by atoms with Crippen LogP contribution in [0.2, 0.25) is 5.02 Å².